The van der Waals surface area contributed by atoms with Gasteiger partial charge in [-0.25, -0.2) is 13.4 Å². The van der Waals surface area contributed by atoms with Gasteiger partial charge >= 0.3 is 0 Å². The lowest BCUT2D eigenvalue weighted by Crippen LogP contribution is -2.03. The standard InChI is InChI=1S/C11H13N3O3S3/c1-7-12-9(4-18-7)5-19-11-14-13-10(17-11)8-2-3-20(15,16)6-8/h4,8H,2-3,5-6H2,1H3/t8-/m1/s1. The molecule has 3 rings (SSSR count). The third-order valence-electron chi connectivity index (χ3n) is 3.01. The van der Waals surface area contributed by atoms with Crippen LogP contribution in [-0.4, -0.2) is 35.1 Å². The molecule has 20 heavy (non-hydrogen) atoms. The summed E-state index contributed by atoms with van der Waals surface area (Å²) < 4.78 is 28.4. The maximum absolute atomic E-state index is 11.4. The Morgan fingerprint density at radius 1 is 1.50 bits per heavy atom. The fourth-order valence-electron chi connectivity index (χ4n) is 2.04. The van der Waals surface area contributed by atoms with Crippen LogP contribution in [0.2, 0.25) is 0 Å². The minimum atomic E-state index is -2.93. The summed E-state index contributed by atoms with van der Waals surface area (Å²) in [7, 11) is -2.93. The average Bonchev–Trinajstić information content (AvgIpc) is 3.07. The zero-order valence-electron chi connectivity index (χ0n) is 10.8. The lowest BCUT2D eigenvalue weighted by Gasteiger charge is -1.98. The second-order valence-corrected chi connectivity index (χ2v) is 8.87. The van der Waals surface area contributed by atoms with E-state index < -0.39 is 9.84 Å². The Morgan fingerprint density at radius 2 is 2.35 bits per heavy atom. The van der Waals surface area contributed by atoms with Crippen molar-refractivity contribution in [2.24, 2.45) is 0 Å². The number of nitrogens with zero attached hydrogens (tertiary/aromatic N) is 3. The Morgan fingerprint density at radius 3 is 3.00 bits per heavy atom. The Hall–Kier alpha value is -0.930. The van der Waals surface area contributed by atoms with Crippen LogP contribution in [0.15, 0.2) is 15.0 Å². The van der Waals surface area contributed by atoms with Crippen LogP contribution >= 0.6 is 23.1 Å². The summed E-state index contributed by atoms with van der Waals surface area (Å²) in [5.74, 6) is 1.28. The van der Waals surface area contributed by atoms with E-state index in [4.69, 9.17) is 4.42 Å². The van der Waals surface area contributed by atoms with Crippen LogP contribution in [0, 0.1) is 6.92 Å². The predicted molar refractivity (Wildman–Crippen MR) is 76.7 cm³/mol. The van der Waals surface area contributed by atoms with E-state index in [1.54, 1.807) is 11.3 Å². The van der Waals surface area contributed by atoms with Crippen molar-refractivity contribution >= 4 is 32.9 Å². The Labute approximate surface area is 124 Å². The highest BCUT2D eigenvalue weighted by atomic mass is 32.2. The van der Waals surface area contributed by atoms with Crippen LogP contribution in [0.4, 0.5) is 0 Å². The Kier molecular flexibility index (Phi) is 3.83. The van der Waals surface area contributed by atoms with Gasteiger partial charge in [0, 0.05) is 11.1 Å². The first kappa shape index (κ1) is 14.0. The molecule has 2 aromatic heterocycles. The molecule has 0 saturated carbocycles. The van der Waals surface area contributed by atoms with Gasteiger partial charge in [-0.3, -0.25) is 0 Å². The SMILES string of the molecule is Cc1nc(CSc2nnc([C@@H]3CCS(=O)(=O)C3)o2)cs1. The predicted octanol–water partition coefficient (Wildman–Crippen LogP) is 2.03. The van der Waals surface area contributed by atoms with E-state index in [1.807, 2.05) is 12.3 Å². The molecule has 0 aliphatic carbocycles. The van der Waals surface area contributed by atoms with Crippen molar-refractivity contribution in [3.8, 4) is 0 Å². The number of hydrogen-bond acceptors (Lipinski definition) is 8. The third-order valence-corrected chi connectivity index (χ3v) is 6.46. The lowest BCUT2D eigenvalue weighted by atomic mass is 10.1. The molecular formula is C11H13N3O3S3. The van der Waals surface area contributed by atoms with Gasteiger partial charge in [0.05, 0.1) is 28.1 Å². The molecule has 0 amide bonds. The largest absolute Gasteiger partial charge is 0.416 e. The van der Waals surface area contributed by atoms with E-state index in [2.05, 4.69) is 15.2 Å². The molecule has 9 heteroatoms. The smallest absolute Gasteiger partial charge is 0.276 e. The van der Waals surface area contributed by atoms with E-state index >= 15 is 0 Å². The van der Waals surface area contributed by atoms with Crippen molar-refractivity contribution in [2.45, 2.75) is 30.2 Å². The van der Waals surface area contributed by atoms with Crippen molar-refractivity contribution in [2.75, 3.05) is 11.5 Å². The van der Waals surface area contributed by atoms with Crippen LogP contribution in [0.25, 0.3) is 0 Å². The molecule has 2 aromatic rings. The summed E-state index contributed by atoms with van der Waals surface area (Å²) in [4.78, 5) is 4.36. The number of hydrogen-bond donors (Lipinski definition) is 0. The summed E-state index contributed by atoms with van der Waals surface area (Å²) in [5.41, 5.74) is 0.987. The number of sulfone groups is 1. The topological polar surface area (TPSA) is 86.0 Å². The summed E-state index contributed by atoms with van der Waals surface area (Å²) in [5, 5.41) is 11.4. The van der Waals surface area contributed by atoms with Crippen molar-refractivity contribution in [3.05, 3.63) is 22.0 Å². The minimum Gasteiger partial charge on any atom is -0.416 e. The molecular weight excluding hydrogens is 318 g/mol. The highest BCUT2D eigenvalue weighted by molar-refractivity contribution is 7.98. The van der Waals surface area contributed by atoms with Crippen molar-refractivity contribution in [3.63, 3.8) is 0 Å². The van der Waals surface area contributed by atoms with Crippen molar-refractivity contribution in [1.29, 1.82) is 0 Å². The molecule has 108 valence electrons. The lowest BCUT2D eigenvalue weighted by molar-refractivity contribution is 0.393. The molecule has 6 nitrogen and oxygen atoms in total. The van der Waals surface area contributed by atoms with Gasteiger partial charge in [0.25, 0.3) is 5.22 Å². The zero-order valence-corrected chi connectivity index (χ0v) is 13.2. The Bertz CT molecular complexity index is 707. The molecule has 0 radical (unpaired) electrons. The van der Waals surface area contributed by atoms with Crippen LogP contribution in [0.3, 0.4) is 0 Å². The molecule has 0 bridgehead atoms. The quantitative estimate of drug-likeness (QED) is 0.792. The van der Waals surface area contributed by atoms with Crippen LogP contribution in [0.1, 0.15) is 28.9 Å². The van der Waals surface area contributed by atoms with Gasteiger partial charge in [0.1, 0.15) is 0 Å². The highest BCUT2D eigenvalue weighted by Crippen LogP contribution is 2.30. The molecule has 1 atom stereocenters. The first-order valence-electron chi connectivity index (χ1n) is 6.09. The van der Waals surface area contributed by atoms with Gasteiger partial charge in [-0.05, 0) is 13.3 Å². The van der Waals surface area contributed by atoms with Gasteiger partial charge < -0.3 is 4.42 Å². The third kappa shape index (κ3) is 3.21. The number of rotatable bonds is 4. The monoisotopic (exact) mass is 331 g/mol. The number of aryl methyl sites for hydroxylation is 1. The summed E-state index contributed by atoms with van der Waals surface area (Å²) >= 11 is 3.03. The van der Waals surface area contributed by atoms with E-state index in [0.717, 1.165) is 10.7 Å². The zero-order chi connectivity index (χ0) is 14.2. The molecule has 1 aliphatic rings. The fraction of sp³-hybridized carbons (Fsp3) is 0.545. The number of aromatic nitrogens is 3. The summed E-state index contributed by atoms with van der Waals surface area (Å²) in [6, 6.07) is 0. The second-order valence-electron chi connectivity index (χ2n) is 4.65. The maximum Gasteiger partial charge on any atom is 0.276 e. The fourth-order valence-corrected chi connectivity index (χ4v) is 5.16. The van der Waals surface area contributed by atoms with Gasteiger partial charge in [0.2, 0.25) is 5.89 Å². The van der Waals surface area contributed by atoms with Crippen molar-refractivity contribution in [1.82, 2.24) is 15.2 Å². The molecule has 1 aliphatic heterocycles. The van der Waals surface area contributed by atoms with E-state index in [0.29, 0.717) is 23.3 Å². The highest BCUT2D eigenvalue weighted by Gasteiger charge is 2.32. The first-order valence-corrected chi connectivity index (χ1v) is 9.78. The van der Waals surface area contributed by atoms with Crippen LogP contribution in [0.5, 0.6) is 0 Å². The second kappa shape index (κ2) is 5.45. The molecule has 0 N–H and O–H groups in total. The number of thioether (sulfide) groups is 1. The molecule has 1 fully saturated rings. The summed E-state index contributed by atoms with van der Waals surface area (Å²) in [6.07, 6.45) is 0.569. The van der Waals surface area contributed by atoms with Gasteiger partial charge in [-0.15, -0.1) is 21.5 Å². The number of thiazole rings is 1. The maximum atomic E-state index is 11.4. The molecule has 1 saturated heterocycles. The molecule has 0 spiro atoms. The Balaban J connectivity index is 1.62. The van der Waals surface area contributed by atoms with E-state index in [9.17, 15) is 8.42 Å². The van der Waals surface area contributed by atoms with Gasteiger partial charge in [-0.1, -0.05) is 11.8 Å². The molecule has 0 unspecified atom stereocenters. The average molecular weight is 331 g/mol. The van der Waals surface area contributed by atoms with E-state index in [1.165, 1.54) is 11.8 Å². The van der Waals surface area contributed by atoms with Crippen LogP contribution < -0.4 is 0 Å². The van der Waals surface area contributed by atoms with Crippen molar-refractivity contribution < 1.29 is 12.8 Å². The van der Waals surface area contributed by atoms with Gasteiger partial charge in [-0.2, -0.15) is 0 Å². The normalized spacial score (nSPS) is 21.4. The van der Waals surface area contributed by atoms with Gasteiger partial charge in [0.15, 0.2) is 9.84 Å². The minimum absolute atomic E-state index is 0.116. The molecule has 0 aromatic carbocycles. The molecule has 3 heterocycles. The van der Waals surface area contributed by atoms with E-state index in [-0.39, 0.29) is 17.4 Å². The van der Waals surface area contributed by atoms with Crippen LogP contribution in [-0.2, 0) is 15.6 Å². The summed E-state index contributed by atoms with van der Waals surface area (Å²) in [6.45, 7) is 1.96. The first-order chi connectivity index (χ1) is 9.52.